The predicted octanol–water partition coefficient (Wildman–Crippen LogP) is 3.92. The average molecular weight is 375 g/mol. The lowest BCUT2D eigenvalue weighted by Crippen LogP contribution is -2.01. The number of hydrogen-bond acceptors (Lipinski definition) is 0. The van der Waals surface area contributed by atoms with Crippen LogP contribution in [0, 0.1) is 0 Å². The van der Waals surface area contributed by atoms with Crippen LogP contribution in [0.3, 0.4) is 0 Å². The molecule has 0 saturated heterocycles. The van der Waals surface area contributed by atoms with Gasteiger partial charge in [0.1, 0.15) is 7.85 Å². The Morgan fingerprint density at radius 2 is 1.36 bits per heavy atom. The Kier molecular flexibility index (Phi) is 3.05. The number of fused-ring (bicyclic) bond motifs is 1. The Hall–Kier alpha value is 0.205. The first-order valence-electron chi connectivity index (χ1n) is 3.92. The van der Waals surface area contributed by atoms with E-state index >= 15 is 0 Å². The van der Waals surface area contributed by atoms with Gasteiger partial charge in [0.2, 0.25) is 0 Å². The summed E-state index contributed by atoms with van der Waals surface area (Å²) in [6.07, 6.45) is 0. The second kappa shape index (κ2) is 3.99. The van der Waals surface area contributed by atoms with Crippen LogP contribution in [0.2, 0.25) is 0 Å². The minimum absolute atomic E-state index is 0.757. The van der Waals surface area contributed by atoms with Gasteiger partial charge in [-0.1, -0.05) is 65.4 Å². The summed E-state index contributed by atoms with van der Waals surface area (Å²) in [5.74, 6) is 0. The molecular formula is C10H4BBr3. The molecule has 0 fully saturated rings. The quantitative estimate of drug-likeness (QED) is 0.613. The maximum Gasteiger partial charge on any atom is 0.113 e. The van der Waals surface area contributed by atoms with Crippen LogP contribution in [-0.4, -0.2) is 7.85 Å². The largest absolute Gasteiger partial charge is 0.113 e. The standard InChI is InChI=1S/C10H4BBr3/c11-5-1-7-8(9(13)2-5)3-6(12)4-10(7)14/h1-4H. The molecule has 2 radical (unpaired) electrons. The molecule has 2 aromatic rings. The maximum atomic E-state index is 5.77. The van der Waals surface area contributed by atoms with E-state index in [1.54, 1.807) is 0 Å². The van der Waals surface area contributed by atoms with Gasteiger partial charge in [0.15, 0.2) is 0 Å². The smallest absolute Gasteiger partial charge is 0.0949 e. The van der Waals surface area contributed by atoms with Crippen LogP contribution in [0.15, 0.2) is 37.7 Å². The first-order chi connectivity index (χ1) is 6.58. The summed E-state index contributed by atoms with van der Waals surface area (Å²) in [6.45, 7) is 0. The van der Waals surface area contributed by atoms with Crippen molar-refractivity contribution in [1.82, 2.24) is 0 Å². The van der Waals surface area contributed by atoms with E-state index in [1.807, 2.05) is 18.2 Å². The fourth-order valence-corrected chi connectivity index (χ4v) is 3.29. The van der Waals surface area contributed by atoms with Crippen LogP contribution in [0.1, 0.15) is 0 Å². The molecule has 0 aliphatic carbocycles. The Labute approximate surface area is 109 Å². The fraction of sp³-hybridized carbons (Fsp3) is 0. The highest BCUT2D eigenvalue weighted by atomic mass is 79.9. The molecule has 68 valence electrons. The van der Waals surface area contributed by atoms with Crippen LogP contribution in [-0.2, 0) is 0 Å². The molecule has 0 nitrogen and oxygen atoms in total. The zero-order valence-corrected chi connectivity index (χ0v) is 11.8. The van der Waals surface area contributed by atoms with Crippen molar-refractivity contribution in [3.8, 4) is 0 Å². The molecule has 0 aliphatic rings. The minimum atomic E-state index is 0.757. The third-order valence-corrected chi connectivity index (χ3v) is 3.73. The molecule has 0 atom stereocenters. The van der Waals surface area contributed by atoms with Gasteiger partial charge < -0.3 is 0 Å². The number of hydrogen-bond donors (Lipinski definition) is 0. The van der Waals surface area contributed by atoms with Gasteiger partial charge in [0.25, 0.3) is 0 Å². The van der Waals surface area contributed by atoms with Gasteiger partial charge >= 0.3 is 0 Å². The summed E-state index contributed by atoms with van der Waals surface area (Å²) >= 11 is 10.5. The van der Waals surface area contributed by atoms with Gasteiger partial charge in [-0.25, -0.2) is 0 Å². The fourth-order valence-electron chi connectivity index (χ4n) is 1.36. The van der Waals surface area contributed by atoms with E-state index in [0.717, 1.165) is 29.7 Å². The minimum Gasteiger partial charge on any atom is -0.0949 e. The summed E-state index contributed by atoms with van der Waals surface area (Å²) < 4.78 is 3.09. The summed E-state index contributed by atoms with van der Waals surface area (Å²) in [6, 6.07) is 7.93. The van der Waals surface area contributed by atoms with Crippen molar-refractivity contribution in [3.63, 3.8) is 0 Å². The lowest BCUT2D eigenvalue weighted by Gasteiger charge is -2.06. The van der Waals surface area contributed by atoms with Crippen molar-refractivity contribution in [2.75, 3.05) is 0 Å². The molecule has 0 aliphatic heterocycles. The summed E-state index contributed by atoms with van der Waals surface area (Å²) in [5, 5.41) is 2.25. The monoisotopic (exact) mass is 372 g/mol. The molecular weight excluding hydrogens is 371 g/mol. The van der Waals surface area contributed by atoms with E-state index in [1.165, 1.54) is 0 Å². The molecule has 2 rings (SSSR count). The molecule has 0 N–H and O–H groups in total. The lowest BCUT2D eigenvalue weighted by atomic mass is 9.93. The third kappa shape index (κ3) is 1.93. The average Bonchev–Trinajstić information content (AvgIpc) is 2.07. The molecule has 0 aromatic heterocycles. The van der Waals surface area contributed by atoms with Crippen LogP contribution in [0.4, 0.5) is 0 Å². The lowest BCUT2D eigenvalue weighted by molar-refractivity contribution is 1.66. The van der Waals surface area contributed by atoms with E-state index < -0.39 is 0 Å². The second-order valence-corrected chi connectivity index (χ2v) is 5.61. The van der Waals surface area contributed by atoms with Gasteiger partial charge in [-0.2, -0.15) is 0 Å². The summed E-state index contributed by atoms with van der Waals surface area (Å²) in [5.41, 5.74) is 0.757. The van der Waals surface area contributed by atoms with Gasteiger partial charge in [0.05, 0.1) is 0 Å². The molecule has 0 unspecified atom stereocenters. The zero-order chi connectivity index (χ0) is 10.3. The Bertz CT molecular complexity index is 461. The molecule has 0 amide bonds. The van der Waals surface area contributed by atoms with Crippen molar-refractivity contribution >= 4 is 71.9 Å². The highest BCUT2D eigenvalue weighted by molar-refractivity contribution is 9.11. The molecule has 4 heteroatoms. The SMILES string of the molecule is [B]c1cc(Br)c2cc(Br)cc(Br)c2c1. The Morgan fingerprint density at radius 1 is 0.786 bits per heavy atom. The number of rotatable bonds is 0. The van der Waals surface area contributed by atoms with Crippen molar-refractivity contribution in [1.29, 1.82) is 0 Å². The highest BCUT2D eigenvalue weighted by Crippen LogP contribution is 2.31. The molecule has 0 heterocycles. The van der Waals surface area contributed by atoms with Crippen molar-refractivity contribution in [3.05, 3.63) is 37.7 Å². The van der Waals surface area contributed by atoms with E-state index in [9.17, 15) is 0 Å². The zero-order valence-electron chi connectivity index (χ0n) is 7.02. The van der Waals surface area contributed by atoms with E-state index in [0.29, 0.717) is 0 Å². The van der Waals surface area contributed by atoms with E-state index in [-0.39, 0.29) is 0 Å². The molecule has 14 heavy (non-hydrogen) atoms. The van der Waals surface area contributed by atoms with Crippen molar-refractivity contribution < 1.29 is 0 Å². The van der Waals surface area contributed by atoms with Gasteiger partial charge in [-0.05, 0) is 22.9 Å². The Morgan fingerprint density at radius 3 is 2.07 bits per heavy atom. The van der Waals surface area contributed by atoms with Crippen LogP contribution < -0.4 is 5.46 Å². The number of benzene rings is 2. The van der Waals surface area contributed by atoms with Crippen LogP contribution in [0.5, 0.6) is 0 Å². The van der Waals surface area contributed by atoms with Crippen molar-refractivity contribution in [2.24, 2.45) is 0 Å². The second-order valence-electron chi connectivity index (χ2n) is 2.99. The normalized spacial score (nSPS) is 10.8. The molecule has 0 spiro atoms. The van der Waals surface area contributed by atoms with Crippen molar-refractivity contribution in [2.45, 2.75) is 0 Å². The highest BCUT2D eigenvalue weighted by Gasteiger charge is 2.04. The van der Waals surface area contributed by atoms with Gasteiger partial charge in [0, 0.05) is 13.4 Å². The van der Waals surface area contributed by atoms with Gasteiger partial charge in [-0.15, -0.1) is 0 Å². The van der Waals surface area contributed by atoms with E-state index in [4.69, 9.17) is 7.85 Å². The summed E-state index contributed by atoms with van der Waals surface area (Å²) in [7, 11) is 5.77. The predicted molar refractivity (Wildman–Crippen MR) is 72.4 cm³/mol. The summed E-state index contributed by atoms with van der Waals surface area (Å²) in [4.78, 5) is 0. The van der Waals surface area contributed by atoms with Crippen LogP contribution >= 0.6 is 47.8 Å². The topological polar surface area (TPSA) is 0 Å². The molecule has 2 aromatic carbocycles. The first-order valence-corrected chi connectivity index (χ1v) is 6.29. The maximum absolute atomic E-state index is 5.77. The first kappa shape index (κ1) is 10.7. The third-order valence-electron chi connectivity index (χ3n) is 1.96. The molecule has 0 bridgehead atoms. The van der Waals surface area contributed by atoms with E-state index in [2.05, 4.69) is 53.9 Å². The van der Waals surface area contributed by atoms with Crippen LogP contribution in [0.25, 0.3) is 10.8 Å². The number of halogens is 3. The van der Waals surface area contributed by atoms with Gasteiger partial charge in [-0.3, -0.25) is 0 Å². The molecule has 0 saturated carbocycles. The Balaban J connectivity index is 2.94.